The molecule has 1 aromatic carbocycles. The first-order valence-corrected chi connectivity index (χ1v) is 7.18. The Bertz CT molecular complexity index is 576. The van der Waals surface area contributed by atoms with Crippen LogP contribution in [0.1, 0.15) is 32.0 Å². The van der Waals surface area contributed by atoms with Gasteiger partial charge in [-0.1, -0.05) is 36.7 Å². The molecule has 0 radical (unpaired) electrons. The molecule has 0 spiro atoms. The maximum absolute atomic E-state index is 6.16. The van der Waals surface area contributed by atoms with E-state index in [0.29, 0.717) is 5.92 Å². The molecule has 0 saturated heterocycles. The third-order valence-electron chi connectivity index (χ3n) is 3.04. The van der Waals surface area contributed by atoms with Crippen LogP contribution < -0.4 is 5.73 Å². The van der Waals surface area contributed by atoms with Gasteiger partial charge in [-0.3, -0.25) is 4.98 Å². The first-order chi connectivity index (χ1) is 8.51. The maximum atomic E-state index is 6.16. The van der Waals surface area contributed by atoms with Crippen LogP contribution in [0.5, 0.6) is 0 Å². The van der Waals surface area contributed by atoms with E-state index in [9.17, 15) is 0 Å². The Morgan fingerprint density at radius 2 is 2.00 bits per heavy atom. The van der Waals surface area contributed by atoms with E-state index >= 15 is 0 Å². The first-order valence-electron chi connectivity index (χ1n) is 6.38. The third-order valence-corrected chi connectivity index (χ3v) is 3.50. The third kappa shape index (κ3) is 2.66. The Kier molecular flexibility index (Phi) is 3.91. The van der Waals surface area contributed by atoms with Gasteiger partial charge in [-0.2, -0.15) is 0 Å². The lowest BCUT2D eigenvalue weighted by Gasteiger charge is -2.11. The van der Waals surface area contributed by atoms with E-state index in [0.717, 1.165) is 39.6 Å². The lowest BCUT2D eigenvalue weighted by molar-refractivity contribution is 0.637. The van der Waals surface area contributed by atoms with Crippen LogP contribution in [-0.4, -0.2) is 4.98 Å². The molecule has 2 rings (SSSR count). The largest absolute Gasteiger partial charge is 0.398 e. The van der Waals surface area contributed by atoms with E-state index in [1.807, 2.05) is 6.07 Å². The van der Waals surface area contributed by atoms with E-state index in [2.05, 4.69) is 48.8 Å². The van der Waals surface area contributed by atoms with E-state index < -0.39 is 0 Å². The van der Waals surface area contributed by atoms with Crippen molar-refractivity contribution in [1.29, 1.82) is 0 Å². The number of rotatable bonds is 3. The van der Waals surface area contributed by atoms with Gasteiger partial charge in [-0.25, -0.2) is 0 Å². The number of hydrogen-bond acceptors (Lipinski definition) is 2. The zero-order valence-electron chi connectivity index (χ0n) is 11.1. The van der Waals surface area contributed by atoms with Crippen LogP contribution in [0.15, 0.2) is 22.7 Å². The fourth-order valence-electron chi connectivity index (χ4n) is 2.23. The van der Waals surface area contributed by atoms with Crippen LogP contribution in [0.2, 0.25) is 0 Å². The topological polar surface area (TPSA) is 38.9 Å². The van der Waals surface area contributed by atoms with Gasteiger partial charge in [0.15, 0.2) is 0 Å². The Morgan fingerprint density at radius 3 is 2.61 bits per heavy atom. The fourth-order valence-corrected chi connectivity index (χ4v) is 2.74. The van der Waals surface area contributed by atoms with Gasteiger partial charge < -0.3 is 5.73 Å². The molecule has 0 unspecified atom stereocenters. The highest BCUT2D eigenvalue weighted by molar-refractivity contribution is 9.10. The summed E-state index contributed by atoms with van der Waals surface area (Å²) in [5.74, 6) is 0.592. The Morgan fingerprint density at radius 1 is 1.28 bits per heavy atom. The smallest absolute Gasteiger partial charge is 0.0758 e. The number of aromatic nitrogens is 1. The van der Waals surface area contributed by atoms with Gasteiger partial charge in [0, 0.05) is 21.2 Å². The van der Waals surface area contributed by atoms with Gasteiger partial charge in [0.05, 0.1) is 5.52 Å². The molecule has 96 valence electrons. The minimum atomic E-state index is 0.592. The molecule has 0 atom stereocenters. The van der Waals surface area contributed by atoms with Crippen molar-refractivity contribution >= 4 is 32.5 Å². The molecule has 2 aromatic rings. The number of fused-ring (bicyclic) bond motifs is 1. The van der Waals surface area contributed by atoms with Gasteiger partial charge >= 0.3 is 0 Å². The van der Waals surface area contributed by atoms with Gasteiger partial charge in [-0.15, -0.1) is 0 Å². The SMILES string of the molecule is CCc1cc(Br)cc2c(N)cc(CC(C)C)nc12. The summed E-state index contributed by atoms with van der Waals surface area (Å²) >= 11 is 3.53. The van der Waals surface area contributed by atoms with Crippen LogP contribution in [0.25, 0.3) is 10.9 Å². The summed E-state index contributed by atoms with van der Waals surface area (Å²) in [7, 11) is 0. The monoisotopic (exact) mass is 306 g/mol. The van der Waals surface area contributed by atoms with Crippen molar-refractivity contribution < 1.29 is 0 Å². The summed E-state index contributed by atoms with van der Waals surface area (Å²) in [6, 6.07) is 6.19. The molecule has 0 bridgehead atoms. The first kappa shape index (κ1) is 13.3. The number of hydrogen-bond donors (Lipinski definition) is 1. The van der Waals surface area contributed by atoms with E-state index in [1.165, 1.54) is 5.56 Å². The second kappa shape index (κ2) is 5.27. The minimum Gasteiger partial charge on any atom is -0.398 e. The van der Waals surface area contributed by atoms with Crippen LogP contribution in [0.4, 0.5) is 5.69 Å². The molecular weight excluding hydrogens is 288 g/mol. The Balaban J connectivity index is 2.66. The van der Waals surface area contributed by atoms with Gasteiger partial charge in [0.25, 0.3) is 0 Å². The predicted molar refractivity (Wildman–Crippen MR) is 81.8 cm³/mol. The number of pyridine rings is 1. The molecule has 2 nitrogen and oxygen atoms in total. The second-order valence-corrected chi connectivity index (χ2v) is 6.03. The normalized spacial score (nSPS) is 11.4. The number of benzene rings is 1. The summed E-state index contributed by atoms with van der Waals surface area (Å²) in [6.07, 6.45) is 1.94. The van der Waals surface area contributed by atoms with Crippen LogP contribution >= 0.6 is 15.9 Å². The fraction of sp³-hybridized carbons (Fsp3) is 0.400. The lowest BCUT2D eigenvalue weighted by Crippen LogP contribution is -2.01. The summed E-state index contributed by atoms with van der Waals surface area (Å²) < 4.78 is 1.07. The highest BCUT2D eigenvalue weighted by Crippen LogP contribution is 2.28. The highest BCUT2D eigenvalue weighted by atomic mass is 79.9. The van der Waals surface area contributed by atoms with Gasteiger partial charge in [0.2, 0.25) is 0 Å². The number of nitrogens with two attached hydrogens (primary N) is 1. The number of nitrogen functional groups attached to an aromatic ring is 1. The standard InChI is InChI=1S/C15H19BrN2/c1-4-10-6-11(16)7-13-14(17)8-12(5-9(2)3)18-15(10)13/h6-9H,4-5H2,1-3H3,(H2,17,18). The molecule has 18 heavy (non-hydrogen) atoms. The number of halogens is 1. The van der Waals surface area contributed by atoms with E-state index in [4.69, 9.17) is 10.7 Å². The van der Waals surface area contributed by atoms with Crippen molar-refractivity contribution in [3.05, 3.63) is 33.9 Å². The molecule has 0 aliphatic heterocycles. The number of nitrogens with zero attached hydrogens (tertiary/aromatic N) is 1. The average Bonchev–Trinajstić information content (AvgIpc) is 2.28. The highest BCUT2D eigenvalue weighted by Gasteiger charge is 2.09. The number of anilines is 1. The van der Waals surface area contributed by atoms with Crippen molar-refractivity contribution in [2.75, 3.05) is 5.73 Å². The van der Waals surface area contributed by atoms with Crippen molar-refractivity contribution in [2.45, 2.75) is 33.6 Å². The summed E-state index contributed by atoms with van der Waals surface area (Å²) in [5.41, 5.74) is 10.4. The Labute approximate surface area is 117 Å². The quantitative estimate of drug-likeness (QED) is 0.916. The molecule has 0 amide bonds. The average molecular weight is 307 g/mol. The molecule has 0 fully saturated rings. The summed E-state index contributed by atoms with van der Waals surface area (Å²) in [5, 5.41) is 1.05. The molecule has 0 aliphatic rings. The van der Waals surface area contributed by atoms with Gasteiger partial charge in [0.1, 0.15) is 0 Å². The van der Waals surface area contributed by atoms with Crippen molar-refractivity contribution in [3.63, 3.8) is 0 Å². The molecule has 3 heteroatoms. The molecule has 0 saturated carbocycles. The minimum absolute atomic E-state index is 0.592. The second-order valence-electron chi connectivity index (χ2n) is 5.12. The van der Waals surface area contributed by atoms with Crippen LogP contribution in [0.3, 0.4) is 0 Å². The Hall–Kier alpha value is -1.09. The lowest BCUT2D eigenvalue weighted by atomic mass is 10.0. The molecule has 1 heterocycles. The van der Waals surface area contributed by atoms with Crippen LogP contribution in [-0.2, 0) is 12.8 Å². The number of aryl methyl sites for hydroxylation is 1. The van der Waals surface area contributed by atoms with E-state index in [-0.39, 0.29) is 0 Å². The predicted octanol–water partition coefficient (Wildman–Crippen LogP) is 4.34. The molecule has 2 N–H and O–H groups in total. The molecular formula is C15H19BrN2. The zero-order chi connectivity index (χ0) is 13.3. The van der Waals surface area contributed by atoms with Gasteiger partial charge in [-0.05, 0) is 42.5 Å². The van der Waals surface area contributed by atoms with Crippen molar-refractivity contribution in [2.24, 2.45) is 5.92 Å². The molecule has 1 aromatic heterocycles. The summed E-state index contributed by atoms with van der Waals surface area (Å²) in [6.45, 7) is 6.54. The van der Waals surface area contributed by atoms with Crippen molar-refractivity contribution in [3.8, 4) is 0 Å². The maximum Gasteiger partial charge on any atom is 0.0758 e. The molecule has 0 aliphatic carbocycles. The van der Waals surface area contributed by atoms with Crippen molar-refractivity contribution in [1.82, 2.24) is 4.98 Å². The van der Waals surface area contributed by atoms with Crippen LogP contribution in [0, 0.1) is 5.92 Å². The van der Waals surface area contributed by atoms with E-state index in [1.54, 1.807) is 0 Å². The zero-order valence-corrected chi connectivity index (χ0v) is 12.7. The summed E-state index contributed by atoms with van der Waals surface area (Å²) in [4.78, 5) is 4.79.